The summed E-state index contributed by atoms with van der Waals surface area (Å²) >= 11 is 0. The molecule has 17 heavy (non-hydrogen) atoms. The fraction of sp³-hybridized carbons (Fsp3) is 0.714. The molecule has 0 aromatic carbocycles. The van der Waals surface area contributed by atoms with Gasteiger partial charge in [0.1, 0.15) is 12.1 Å². The highest BCUT2D eigenvalue weighted by molar-refractivity contribution is 5.83. The maximum Gasteiger partial charge on any atom is 0.514 e. The summed E-state index contributed by atoms with van der Waals surface area (Å²) in [6.07, 6.45) is -1.05. The number of fused-ring (bicyclic) bond motifs is 2. The van der Waals surface area contributed by atoms with Gasteiger partial charge in [0, 0.05) is 11.6 Å². The summed E-state index contributed by atoms with van der Waals surface area (Å²) in [5.74, 6) is -0.817. The van der Waals surface area contributed by atoms with Crippen molar-refractivity contribution in [2.45, 2.75) is 24.9 Å². The van der Waals surface area contributed by atoms with Gasteiger partial charge in [-0.3, -0.25) is 4.79 Å². The minimum atomic E-state index is -0.810. The highest BCUT2D eigenvalue weighted by Crippen LogP contribution is 2.31. The number of Topliss-reactive ketones (excluding diaryl/α,β-unsaturated/α-hetero) is 1. The Morgan fingerprint density at radius 1 is 1.53 bits per heavy atom. The molecule has 90 valence electrons. The van der Waals surface area contributed by atoms with Crippen molar-refractivity contribution >= 4 is 11.7 Å². The van der Waals surface area contributed by atoms with Gasteiger partial charge in [0.25, 0.3) is 0 Å². The fourth-order valence-corrected chi connectivity index (χ4v) is 1.89. The quantitative estimate of drug-likeness (QED) is 0.469. The van der Waals surface area contributed by atoms with E-state index in [-0.39, 0.29) is 24.9 Å². The molecule has 3 unspecified atom stereocenters. The minimum Gasteiger partial charge on any atom is -0.390 e. The number of ketones is 1. The molecule has 3 heterocycles. The largest absolute Gasteiger partial charge is 0.514 e. The summed E-state index contributed by atoms with van der Waals surface area (Å²) in [7, 11) is 0. The van der Waals surface area contributed by atoms with Crippen molar-refractivity contribution in [1.82, 2.24) is 20.2 Å². The second-order valence-corrected chi connectivity index (χ2v) is 3.74. The summed E-state index contributed by atoms with van der Waals surface area (Å²) in [5, 5.41) is 20.8. The summed E-state index contributed by atoms with van der Waals surface area (Å²) in [6, 6.07) is -0.498. The SMILES string of the molecule is O=C1CC(n2nnc([N+](=O)[O-])n2)C2COC1O2. The van der Waals surface area contributed by atoms with E-state index in [2.05, 4.69) is 15.4 Å². The molecule has 0 aliphatic carbocycles. The van der Waals surface area contributed by atoms with Crippen molar-refractivity contribution in [3.63, 3.8) is 0 Å². The number of nitrogens with zero attached hydrogens (tertiary/aromatic N) is 5. The van der Waals surface area contributed by atoms with E-state index in [1.165, 1.54) is 0 Å². The van der Waals surface area contributed by atoms with E-state index in [1.54, 1.807) is 0 Å². The number of aromatic nitrogens is 4. The van der Waals surface area contributed by atoms with Crippen LogP contribution in [-0.4, -0.2) is 49.9 Å². The van der Waals surface area contributed by atoms with E-state index in [0.717, 1.165) is 4.80 Å². The van der Waals surface area contributed by atoms with Gasteiger partial charge in [-0.25, -0.2) is 0 Å². The van der Waals surface area contributed by atoms with Crippen LogP contribution >= 0.6 is 0 Å². The highest BCUT2D eigenvalue weighted by atomic mass is 16.7. The van der Waals surface area contributed by atoms with E-state index in [9.17, 15) is 14.9 Å². The Morgan fingerprint density at radius 3 is 3.06 bits per heavy atom. The van der Waals surface area contributed by atoms with Crippen LogP contribution in [0.1, 0.15) is 12.5 Å². The molecule has 1 aromatic heterocycles. The number of carbonyl (C=O) groups excluding carboxylic acids is 1. The van der Waals surface area contributed by atoms with Crippen LogP contribution < -0.4 is 0 Å². The maximum atomic E-state index is 11.5. The molecular formula is C7H7N5O5. The molecular weight excluding hydrogens is 234 g/mol. The molecule has 0 spiro atoms. The molecule has 10 heteroatoms. The van der Waals surface area contributed by atoms with Gasteiger partial charge in [-0.15, -0.1) is 0 Å². The van der Waals surface area contributed by atoms with E-state index in [0.29, 0.717) is 0 Å². The zero-order valence-electron chi connectivity index (χ0n) is 8.42. The number of ether oxygens (including phenoxy) is 2. The van der Waals surface area contributed by atoms with Gasteiger partial charge >= 0.3 is 5.95 Å². The lowest BCUT2D eigenvalue weighted by Crippen LogP contribution is -2.37. The van der Waals surface area contributed by atoms with E-state index in [4.69, 9.17) is 9.47 Å². The number of nitro groups is 1. The van der Waals surface area contributed by atoms with E-state index < -0.39 is 23.2 Å². The number of rotatable bonds is 2. The Balaban J connectivity index is 1.87. The summed E-state index contributed by atoms with van der Waals surface area (Å²) < 4.78 is 10.4. The van der Waals surface area contributed by atoms with Crippen LogP contribution in [-0.2, 0) is 14.3 Å². The molecule has 3 rings (SSSR count). The van der Waals surface area contributed by atoms with Crippen LogP contribution in [0.15, 0.2) is 0 Å². The van der Waals surface area contributed by atoms with Crippen LogP contribution in [0, 0.1) is 10.1 Å². The van der Waals surface area contributed by atoms with Gasteiger partial charge in [-0.2, -0.15) is 0 Å². The van der Waals surface area contributed by atoms with Crippen molar-refractivity contribution in [2.24, 2.45) is 0 Å². The predicted octanol–water partition coefficient (Wildman–Crippen LogP) is -1.16. The summed E-state index contributed by atoms with van der Waals surface area (Å²) in [6.45, 7) is 0.246. The van der Waals surface area contributed by atoms with Gasteiger partial charge in [-0.1, -0.05) is 4.80 Å². The van der Waals surface area contributed by atoms with E-state index >= 15 is 0 Å². The van der Waals surface area contributed by atoms with Crippen LogP contribution in [0.3, 0.4) is 0 Å². The molecule has 2 fully saturated rings. The first-order valence-corrected chi connectivity index (χ1v) is 4.89. The number of tetrazole rings is 1. The van der Waals surface area contributed by atoms with Crippen LogP contribution in [0.25, 0.3) is 0 Å². The zero-order valence-corrected chi connectivity index (χ0v) is 8.42. The Hall–Kier alpha value is -1.94. The first-order valence-electron chi connectivity index (χ1n) is 4.89. The topological polar surface area (TPSA) is 122 Å². The third kappa shape index (κ3) is 1.57. The van der Waals surface area contributed by atoms with Crippen molar-refractivity contribution in [3.05, 3.63) is 10.1 Å². The highest BCUT2D eigenvalue weighted by Gasteiger charge is 2.46. The Labute approximate surface area is 93.6 Å². The van der Waals surface area contributed by atoms with Crippen LogP contribution in [0.4, 0.5) is 5.95 Å². The molecule has 0 amide bonds. The Kier molecular flexibility index (Phi) is 2.12. The Morgan fingerprint density at radius 2 is 2.35 bits per heavy atom. The smallest absolute Gasteiger partial charge is 0.390 e. The van der Waals surface area contributed by atoms with Gasteiger partial charge in [0.15, 0.2) is 5.78 Å². The molecule has 0 N–H and O–H groups in total. The maximum absolute atomic E-state index is 11.5. The molecule has 1 aromatic rings. The van der Waals surface area contributed by atoms with Crippen molar-refractivity contribution < 1.29 is 19.2 Å². The predicted molar refractivity (Wildman–Crippen MR) is 47.7 cm³/mol. The lowest BCUT2D eigenvalue weighted by atomic mass is 10.0. The second kappa shape index (κ2) is 3.53. The van der Waals surface area contributed by atoms with E-state index in [1.807, 2.05) is 0 Å². The van der Waals surface area contributed by atoms with Gasteiger partial charge < -0.3 is 19.6 Å². The third-order valence-corrected chi connectivity index (χ3v) is 2.69. The molecule has 10 nitrogen and oxygen atoms in total. The molecule has 0 radical (unpaired) electrons. The second-order valence-electron chi connectivity index (χ2n) is 3.74. The fourth-order valence-electron chi connectivity index (χ4n) is 1.89. The van der Waals surface area contributed by atoms with Crippen molar-refractivity contribution in [3.8, 4) is 0 Å². The average molecular weight is 241 g/mol. The minimum absolute atomic E-state index is 0.128. The molecule has 3 atom stereocenters. The molecule has 0 saturated carbocycles. The first kappa shape index (κ1) is 10.2. The monoisotopic (exact) mass is 241 g/mol. The normalized spacial score (nSPS) is 31.8. The zero-order chi connectivity index (χ0) is 12.0. The van der Waals surface area contributed by atoms with Crippen LogP contribution in [0.5, 0.6) is 0 Å². The third-order valence-electron chi connectivity index (χ3n) is 2.69. The van der Waals surface area contributed by atoms with Gasteiger partial charge in [0.2, 0.25) is 6.29 Å². The lowest BCUT2D eigenvalue weighted by Gasteiger charge is -2.23. The van der Waals surface area contributed by atoms with Crippen molar-refractivity contribution in [1.29, 1.82) is 0 Å². The standard InChI is InChI=1S/C7H7N5O5/c13-4-1-3(5-2-16-6(4)17-5)11-9-7(8-10-11)12(14)15/h3,5-6H,1-2H2. The number of hydrogen-bond donors (Lipinski definition) is 0. The van der Waals surface area contributed by atoms with Gasteiger partial charge in [-0.05, 0) is 4.92 Å². The molecule has 2 aliphatic rings. The number of carbonyl (C=O) groups is 1. The molecule has 2 aliphatic heterocycles. The Bertz CT molecular complexity index is 487. The van der Waals surface area contributed by atoms with Gasteiger partial charge in [0.05, 0.1) is 16.8 Å². The van der Waals surface area contributed by atoms with Crippen molar-refractivity contribution in [2.75, 3.05) is 6.61 Å². The molecule has 2 saturated heterocycles. The first-order chi connectivity index (χ1) is 8.15. The number of hydrogen-bond acceptors (Lipinski definition) is 8. The average Bonchev–Trinajstić information content (AvgIpc) is 2.93. The summed E-state index contributed by atoms with van der Waals surface area (Å²) in [5.41, 5.74) is 0. The van der Waals surface area contributed by atoms with Crippen LogP contribution in [0.2, 0.25) is 0 Å². The lowest BCUT2D eigenvalue weighted by molar-refractivity contribution is -0.394. The summed E-state index contributed by atoms with van der Waals surface area (Å²) in [4.78, 5) is 22.2. The molecule has 2 bridgehead atoms.